The molecule has 2 aromatic rings. The normalized spacial score (nSPS) is 12.0. The fourth-order valence-corrected chi connectivity index (χ4v) is 3.14. The highest BCUT2D eigenvalue weighted by atomic mass is 32.2. The van der Waals surface area contributed by atoms with Gasteiger partial charge in [0.25, 0.3) is 5.56 Å². The average molecular weight is 379 g/mol. The van der Waals surface area contributed by atoms with Crippen molar-refractivity contribution in [3.8, 4) is 0 Å². The monoisotopic (exact) mass is 379 g/mol. The van der Waals surface area contributed by atoms with Gasteiger partial charge in [-0.15, -0.1) is 0 Å². The van der Waals surface area contributed by atoms with Gasteiger partial charge >= 0.3 is 5.97 Å². The van der Waals surface area contributed by atoms with E-state index in [2.05, 4.69) is 15.0 Å². The summed E-state index contributed by atoms with van der Waals surface area (Å²) in [4.78, 5) is 40.8. The molecule has 2 rings (SSSR count). The smallest absolute Gasteiger partial charge is 0.325 e. The number of nitrogens with one attached hydrogen (secondary N) is 1. The number of carbonyl (C=O) groups is 2. The number of hydrogen-bond acceptors (Lipinski definition) is 7. The number of amides is 1. The van der Waals surface area contributed by atoms with Crippen molar-refractivity contribution >= 4 is 34.5 Å². The van der Waals surface area contributed by atoms with Gasteiger partial charge in [0.05, 0.1) is 30.4 Å². The summed E-state index contributed by atoms with van der Waals surface area (Å²) in [6.45, 7) is 1.96. The second-order valence-corrected chi connectivity index (χ2v) is 6.53. The second-order valence-electron chi connectivity index (χ2n) is 5.59. The van der Waals surface area contributed by atoms with Gasteiger partial charge in [-0.05, 0) is 19.1 Å². The largest absolute Gasteiger partial charge is 0.468 e. The first kappa shape index (κ1) is 19.9. The molecule has 8 nitrogen and oxygen atoms in total. The number of rotatable bonds is 8. The zero-order valence-corrected chi connectivity index (χ0v) is 15.7. The topological polar surface area (TPSA) is 99.5 Å². The van der Waals surface area contributed by atoms with E-state index in [9.17, 15) is 14.4 Å². The van der Waals surface area contributed by atoms with Gasteiger partial charge < -0.3 is 14.8 Å². The Labute approximate surface area is 154 Å². The molecule has 1 atom stereocenters. The number of para-hydroxylation sites is 1. The van der Waals surface area contributed by atoms with Crippen LogP contribution in [0.3, 0.4) is 0 Å². The predicted octanol–water partition coefficient (Wildman–Crippen LogP) is 0.813. The molecule has 1 N–H and O–H groups in total. The number of ether oxygens (including phenoxy) is 2. The number of thioether (sulfide) groups is 1. The van der Waals surface area contributed by atoms with Crippen molar-refractivity contribution in [2.45, 2.75) is 24.7 Å². The van der Waals surface area contributed by atoms with E-state index >= 15 is 0 Å². The third-order valence-corrected chi connectivity index (χ3v) is 4.47. The number of nitrogens with zero attached hydrogens (tertiary/aromatic N) is 2. The first-order chi connectivity index (χ1) is 12.5. The molecule has 0 spiro atoms. The predicted molar refractivity (Wildman–Crippen MR) is 98.2 cm³/mol. The van der Waals surface area contributed by atoms with Crippen molar-refractivity contribution in [3.63, 3.8) is 0 Å². The van der Waals surface area contributed by atoms with E-state index in [0.29, 0.717) is 17.5 Å². The van der Waals surface area contributed by atoms with Crippen LogP contribution in [0, 0.1) is 0 Å². The summed E-state index contributed by atoms with van der Waals surface area (Å²) in [5.41, 5.74) is 0.158. The summed E-state index contributed by atoms with van der Waals surface area (Å²) >= 11 is 1.09. The third-order valence-electron chi connectivity index (χ3n) is 3.50. The van der Waals surface area contributed by atoms with Crippen molar-refractivity contribution in [3.05, 3.63) is 34.6 Å². The number of esters is 1. The molecule has 0 aliphatic heterocycles. The van der Waals surface area contributed by atoms with E-state index in [-0.39, 0.29) is 35.0 Å². The van der Waals surface area contributed by atoms with Crippen LogP contribution in [0.5, 0.6) is 0 Å². The lowest BCUT2D eigenvalue weighted by Crippen LogP contribution is -2.37. The Morgan fingerprint density at radius 2 is 2.04 bits per heavy atom. The summed E-state index contributed by atoms with van der Waals surface area (Å²) in [7, 11) is 2.81. The van der Waals surface area contributed by atoms with E-state index in [1.165, 1.54) is 11.7 Å². The zero-order valence-electron chi connectivity index (χ0n) is 14.9. The van der Waals surface area contributed by atoms with Crippen LogP contribution >= 0.6 is 11.8 Å². The van der Waals surface area contributed by atoms with Gasteiger partial charge in [-0.25, -0.2) is 4.98 Å². The molecule has 9 heteroatoms. The van der Waals surface area contributed by atoms with Crippen molar-refractivity contribution in [1.29, 1.82) is 0 Å². The van der Waals surface area contributed by atoms with Crippen LogP contribution in [-0.4, -0.2) is 54.0 Å². The number of benzene rings is 1. The Morgan fingerprint density at radius 3 is 2.73 bits per heavy atom. The van der Waals surface area contributed by atoms with Gasteiger partial charge in [0.2, 0.25) is 5.91 Å². The lowest BCUT2D eigenvalue weighted by Gasteiger charge is -2.14. The van der Waals surface area contributed by atoms with Gasteiger partial charge in [-0.3, -0.25) is 19.0 Å². The number of methoxy groups -OCH3 is 2. The lowest BCUT2D eigenvalue weighted by atomic mass is 10.2. The van der Waals surface area contributed by atoms with Crippen LogP contribution in [0.25, 0.3) is 10.9 Å². The maximum atomic E-state index is 12.7. The Bertz CT molecular complexity index is 852. The minimum atomic E-state index is -0.566. The van der Waals surface area contributed by atoms with Crippen molar-refractivity contribution in [1.82, 2.24) is 14.9 Å². The van der Waals surface area contributed by atoms with Crippen molar-refractivity contribution < 1.29 is 19.1 Å². The zero-order chi connectivity index (χ0) is 19.1. The summed E-state index contributed by atoms with van der Waals surface area (Å²) in [6.07, 6.45) is 0. The number of aromatic nitrogens is 2. The van der Waals surface area contributed by atoms with Crippen LogP contribution in [0.15, 0.2) is 34.2 Å². The molecule has 0 saturated carbocycles. The molecule has 0 aliphatic carbocycles. The Morgan fingerprint density at radius 1 is 1.31 bits per heavy atom. The van der Waals surface area contributed by atoms with E-state index in [0.717, 1.165) is 11.8 Å². The number of hydrogen-bond donors (Lipinski definition) is 1. The van der Waals surface area contributed by atoms with E-state index in [1.54, 1.807) is 31.4 Å². The van der Waals surface area contributed by atoms with Crippen LogP contribution in [0.4, 0.5) is 0 Å². The molecular weight excluding hydrogens is 358 g/mol. The van der Waals surface area contributed by atoms with Gasteiger partial charge in [-0.1, -0.05) is 23.9 Å². The van der Waals surface area contributed by atoms with E-state index in [1.807, 2.05) is 6.92 Å². The summed E-state index contributed by atoms with van der Waals surface area (Å²) < 4.78 is 10.9. The first-order valence-electron chi connectivity index (χ1n) is 7.93. The fraction of sp³-hybridized carbons (Fsp3) is 0.412. The van der Waals surface area contributed by atoms with Crippen molar-refractivity contribution in [2.24, 2.45) is 0 Å². The molecule has 1 amide bonds. The molecule has 0 aliphatic rings. The molecule has 0 saturated heterocycles. The van der Waals surface area contributed by atoms with Crippen LogP contribution in [-0.2, 0) is 25.6 Å². The van der Waals surface area contributed by atoms with Gasteiger partial charge in [0.15, 0.2) is 5.16 Å². The molecule has 140 valence electrons. The van der Waals surface area contributed by atoms with E-state index in [4.69, 9.17) is 4.74 Å². The molecule has 1 aromatic heterocycles. The highest BCUT2D eigenvalue weighted by Gasteiger charge is 2.16. The number of fused-ring (bicyclic) bond motifs is 1. The average Bonchev–Trinajstić information content (AvgIpc) is 2.62. The summed E-state index contributed by atoms with van der Waals surface area (Å²) in [6, 6.07) is 6.73. The molecule has 0 radical (unpaired) electrons. The molecule has 26 heavy (non-hydrogen) atoms. The van der Waals surface area contributed by atoms with Gasteiger partial charge in [0, 0.05) is 13.2 Å². The van der Waals surface area contributed by atoms with E-state index < -0.39 is 5.97 Å². The minimum absolute atomic E-state index is 0.0556. The van der Waals surface area contributed by atoms with Gasteiger partial charge in [0.1, 0.15) is 6.54 Å². The van der Waals surface area contributed by atoms with Crippen LogP contribution in [0.2, 0.25) is 0 Å². The lowest BCUT2D eigenvalue weighted by molar-refractivity contribution is -0.141. The Balaban J connectivity index is 2.26. The maximum absolute atomic E-state index is 12.7. The second kappa shape index (κ2) is 9.35. The molecule has 0 unspecified atom stereocenters. The Kier molecular flexibility index (Phi) is 7.16. The third kappa shape index (κ3) is 5.06. The highest BCUT2D eigenvalue weighted by molar-refractivity contribution is 7.99. The maximum Gasteiger partial charge on any atom is 0.325 e. The molecule has 0 fully saturated rings. The van der Waals surface area contributed by atoms with Crippen LogP contribution < -0.4 is 10.9 Å². The standard InChI is InChI=1S/C17H21N3O5S/c1-11(9-24-2)18-14(21)10-26-17-19-13-7-5-4-6-12(13)16(23)20(17)8-15(22)25-3/h4-7,11H,8-10H2,1-3H3,(H,18,21)/t11-/m0/s1. The molecular formula is C17H21N3O5S. The summed E-state index contributed by atoms with van der Waals surface area (Å²) in [5, 5.41) is 3.47. The first-order valence-corrected chi connectivity index (χ1v) is 8.92. The molecule has 1 aromatic carbocycles. The van der Waals surface area contributed by atoms with Crippen molar-refractivity contribution in [2.75, 3.05) is 26.6 Å². The SMILES string of the molecule is COC[C@H](C)NC(=O)CSc1nc2ccccc2c(=O)n1CC(=O)OC. The fourth-order valence-electron chi connectivity index (χ4n) is 2.33. The molecule has 0 bridgehead atoms. The Hall–Kier alpha value is -2.39. The number of carbonyl (C=O) groups excluding carboxylic acids is 2. The molecule has 1 heterocycles. The summed E-state index contributed by atoms with van der Waals surface area (Å²) in [5.74, 6) is -0.726. The van der Waals surface area contributed by atoms with Gasteiger partial charge in [-0.2, -0.15) is 0 Å². The quantitative estimate of drug-likeness (QED) is 0.412. The van der Waals surface area contributed by atoms with Crippen LogP contribution in [0.1, 0.15) is 6.92 Å². The minimum Gasteiger partial charge on any atom is -0.468 e. The highest BCUT2D eigenvalue weighted by Crippen LogP contribution is 2.17.